The number of carbonyl (C=O) groups excluding carboxylic acids is 1. The van der Waals surface area contributed by atoms with Crippen LogP contribution in [-0.2, 0) is 17.6 Å². The van der Waals surface area contributed by atoms with E-state index in [1.54, 1.807) is 30.6 Å². The van der Waals surface area contributed by atoms with E-state index in [4.69, 9.17) is 4.42 Å². The van der Waals surface area contributed by atoms with Crippen molar-refractivity contribution in [1.29, 1.82) is 0 Å². The van der Waals surface area contributed by atoms with Gasteiger partial charge in [0.15, 0.2) is 0 Å². The van der Waals surface area contributed by atoms with Gasteiger partial charge in [-0.2, -0.15) is 11.3 Å². The van der Waals surface area contributed by atoms with Crippen LogP contribution in [0.15, 0.2) is 39.6 Å². The number of amides is 1. The van der Waals surface area contributed by atoms with Crippen LogP contribution in [-0.4, -0.2) is 23.2 Å². The first kappa shape index (κ1) is 14.8. The van der Waals surface area contributed by atoms with Crippen molar-refractivity contribution in [2.45, 2.75) is 31.8 Å². The van der Waals surface area contributed by atoms with Crippen LogP contribution < -0.4 is 5.32 Å². The topological polar surface area (TPSA) is 62.5 Å². The van der Waals surface area contributed by atoms with Crippen LogP contribution in [0.25, 0.3) is 0 Å². The molecule has 2 aromatic rings. The molecule has 0 fully saturated rings. The van der Waals surface area contributed by atoms with Crippen molar-refractivity contribution in [3.63, 3.8) is 0 Å². The second-order valence-electron chi connectivity index (χ2n) is 5.16. The number of hydrogen-bond acceptors (Lipinski definition) is 4. The van der Waals surface area contributed by atoms with E-state index in [1.807, 2.05) is 22.9 Å². The van der Waals surface area contributed by atoms with Crippen molar-refractivity contribution >= 4 is 17.2 Å². The lowest BCUT2D eigenvalue weighted by atomic mass is 10.0. The van der Waals surface area contributed by atoms with Crippen LogP contribution in [0.4, 0.5) is 0 Å². The van der Waals surface area contributed by atoms with E-state index in [1.165, 1.54) is 5.56 Å². The zero-order valence-corrected chi connectivity index (χ0v) is 12.3. The zero-order valence-electron chi connectivity index (χ0n) is 11.5. The fraction of sp³-hybridized carbons (Fsp3) is 0.400. The summed E-state index contributed by atoms with van der Waals surface area (Å²) in [6.07, 6.45) is 3.12. The standard InChI is InChI=1S/C15H19NO3S/c1-15(18,9-13-3-2-7-19-13)11-16-14(17)5-4-12-6-8-20-10-12/h2-3,6-8,10,18H,4-5,9,11H2,1H3,(H,16,17). The largest absolute Gasteiger partial charge is 0.469 e. The van der Waals surface area contributed by atoms with Crippen molar-refractivity contribution in [2.75, 3.05) is 6.54 Å². The fourth-order valence-electron chi connectivity index (χ4n) is 1.92. The molecule has 0 saturated heterocycles. The number of furan rings is 1. The molecule has 4 nitrogen and oxygen atoms in total. The summed E-state index contributed by atoms with van der Waals surface area (Å²) in [7, 11) is 0. The van der Waals surface area contributed by atoms with E-state index in [0.717, 1.165) is 6.42 Å². The average Bonchev–Trinajstić information content (AvgIpc) is 3.06. The summed E-state index contributed by atoms with van der Waals surface area (Å²) < 4.78 is 5.20. The maximum Gasteiger partial charge on any atom is 0.220 e. The van der Waals surface area contributed by atoms with Crippen LogP contribution in [0.5, 0.6) is 0 Å². The van der Waals surface area contributed by atoms with E-state index in [-0.39, 0.29) is 12.5 Å². The summed E-state index contributed by atoms with van der Waals surface area (Å²) in [4.78, 5) is 11.7. The molecule has 1 atom stereocenters. The van der Waals surface area contributed by atoms with Gasteiger partial charge in [0.25, 0.3) is 0 Å². The van der Waals surface area contributed by atoms with Gasteiger partial charge in [-0.05, 0) is 47.9 Å². The Bertz CT molecular complexity index is 517. The molecule has 0 aliphatic carbocycles. The number of aliphatic hydroxyl groups is 1. The highest BCUT2D eigenvalue weighted by Gasteiger charge is 2.23. The first-order valence-corrected chi connectivity index (χ1v) is 7.52. The van der Waals surface area contributed by atoms with Crippen molar-refractivity contribution in [3.8, 4) is 0 Å². The zero-order chi connectivity index (χ0) is 14.4. The predicted molar refractivity (Wildman–Crippen MR) is 78.7 cm³/mol. The molecular weight excluding hydrogens is 274 g/mol. The van der Waals surface area contributed by atoms with Gasteiger partial charge in [0, 0.05) is 19.4 Å². The molecule has 1 unspecified atom stereocenters. The Morgan fingerprint density at radius 2 is 2.35 bits per heavy atom. The third kappa shape index (κ3) is 4.83. The van der Waals surface area contributed by atoms with E-state index in [0.29, 0.717) is 18.6 Å². The first-order valence-electron chi connectivity index (χ1n) is 6.58. The summed E-state index contributed by atoms with van der Waals surface area (Å²) in [5.74, 6) is 0.665. The Labute approximate surface area is 122 Å². The highest BCUT2D eigenvalue weighted by Crippen LogP contribution is 2.13. The maximum atomic E-state index is 11.7. The Balaban J connectivity index is 1.71. The van der Waals surface area contributed by atoms with Crippen LogP contribution in [0, 0.1) is 0 Å². The monoisotopic (exact) mass is 293 g/mol. The second-order valence-corrected chi connectivity index (χ2v) is 5.94. The number of hydrogen-bond donors (Lipinski definition) is 2. The Hall–Kier alpha value is -1.59. The quantitative estimate of drug-likeness (QED) is 0.824. The SMILES string of the molecule is CC(O)(CNC(=O)CCc1ccsc1)Cc1ccco1. The van der Waals surface area contributed by atoms with Crippen molar-refractivity contribution in [2.24, 2.45) is 0 Å². The van der Waals surface area contributed by atoms with Crippen molar-refractivity contribution < 1.29 is 14.3 Å². The van der Waals surface area contributed by atoms with Crippen molar-refractivity contribution in [1.82, 2.24) is 5.32 Å². The maximum absolute atomic E-state index is 11.7. The van der Waals surface area contributed by atoms with E-state index in [9.17, 15) is 9.90 Å². The van der Waals surface area contributed by atoms with Gasteiger partial charge in [-0.15, -0.1) is 0 Å². The first-order chi connectivity index (χ1) is 9.55. The lowest BCUT2D eigenvalue weighted by molar-refractivity contribution is -0.122. The lowest BCUT2D eigenvalue weighted by Gasteiger charge is -2.22. The minimum atomic E-state index is -1.00. The molecular formula is C15H19NO3S. The summed E-state index contributed by atoms with van der Waals surface area (Å²) in [5.41, 5.74) is 0.170. The normalized spacial score (nSPS) is 13.9. The highest BCUT2D eigenvalue weighted by atomic mass is 32.1. The molecule has 20 heavy (non-hydrogen) atoms. The highest BCUT2D eigenvalue weighted by molar-refractivity contribution is 7.07. The van der Waals surface area contributed by atoms with Crippen LogP contribution in [0.1, 0.15) is 24.7 Å². The minimum Gasteiger partial charge on any atom is -0.469 e. The number of carbonyl (C=O) groups is 1. The van der Waals surface area contributed by atoms with Crippen LogP contribution >= 0.6 is 11.3 Å². The molecule has 1 amide bonds. The van der Waals surface area contributed by atoms with Gasteiger partial charge < -0.3 is 14.8 Å². The molecule has 0 radical (unpaired) electrons. The number of rotatable bonds is 7. The Kier molecular flexibility index (Phi) is 4.98. The summed E-state index contributed by atoms with van der Waals surface area (Å²) in [6, 6.07) is 5.61. The molecule has 2 aromatic heterocycles. The smallest absolute Gasteiger partial charge is 0.220 e. The molecule has 0 aromatic carbocycles. The van der Waals surface area contributed by atoms with Gasteiger partial charge in [-0.1, -0.05) is 0 Å². The van der Waals surface area contributed by atoms with Crippen LogP contribution in [0.2, 0.25) is 0 Å². The molecule has 0 aliphatic rings. The summed E-state index contributed by atoms with van der Waals surface area (Å²) in [6.45, 7) is 1.91. The van der Waals surface area contributed by atoms with Crippen LogP contribution in [0.3, 0.4) is 0 Å². The number of nitrogens with one attached hydrogen (secondary N) is 1. The van der Waals surface area contributed by atoms with E-state index in [2.05, 4.69) is 5.32 Å². The van der Waals surface area contributed by atoms with Gasteiger partial charge in [0.1, 0.15) is 5.76 Å². The molecule has 0 spiro atoms. The molecule has 5 heteroatoms. The molecule has 0 aliphatic heterocycles. The summed E-state index contributed by atoms with van der Waals surface area (Å²) >= 11 is 1.63. The van der Waals surface area contributed by atoms with Gasteiger partial charge in [0.05, 0.1) is 11.9 Å². The Morgan fingerprint density at radius 1 is 1.50 bits per heavy atom. The lowest BCUT2D eigenvalue weighted by Crippen LogP contribution is -2.42. The molecule has 2 rings (SSSR count). The molecule has 0 bridgehead atoms. The van der Waals surface area contributed by atoms with E-state index < -0.39 is 5.60 Å². The molecule has 108 valence electrons. The third-order valence-electron chi connectivity index (χ3n) is 3.02. The average molecular weight is 293 g/mol. The van der Waals surface area contributed by atoms with E-state index >= 15 is 0 Å². The predicted octanol–water partition coefficient (Wildman–Crippen LogP) is 2.38. The summed E-state index contributed by atoms with van der Waals surface area (Å²) in [5, 5.41) is 17.0. The third-order valence-corrected chi connectivity index (χ3v) is 3.75. The molecule has 2 N–H and O–H groups in total. The van der Waals surface area contributed by atoms with Gasteiger partial charge >= 0.3 is 0 Å². The van der Waals surface area contributed by atoms with Gasteiger partial charge in [-0.3, -0.25) is 4.79 Å². The molecule has 0 saturated carbocycles. The van der Waals surface area contributed by atoms with Gasteiger partial charge in [-0.25, -0.2) is 0 Å². The van der Waals surface area contributed by atoms with Gasteiger partial charge in [0.2, 0.25) is 5.91 Å². The Morgan fingerprint density at radius 3 is 3.00 bits per heavy atom. The fourth-order valence-corrected chi connectivity index (χ4v) is 2.62. The molecule has 2 heterocycles. The number of aryl methyl sites for hydroxylation is 1. The minimum absolute atomic E-state index is 0.0454. The second kappa shape index (κ2) is 6.72. The van der Waals surface area contributed by atoms with Crippen molar-refractivity contribution in [3.05, 3.63) is 46.5 Å². The number of thiophene rings is 1.